The molecule has 0 saturated carbocycles. The Labute approximate surface area is 181 Å². The average molecular weight is 456 g/mol. The Morgan fingerprint density at radius 2 is 1.80 bits per heavy atom. The van der Waals surface area contributed by atoms with Gasteiger partial charge in [0.2, 0.25) is 0 Å². The Kier molecular flexibility index (Phi) is 5.45. The fraction of sp³-hybridized carbons (Fsp3) is 0.333. The van der Waals surface area contributed by atoms with Crippen molar-refractivity contribution in [1.82, 2.24) is 9.78 Å². The van der Waals surface area contributed by atoms with Crippen LogP contribution in [0.5, 0.6) is 0 Å². The number of hydrogen-bond acceptors (Lipinski definition) is 3. The van der Waals surface area contributed by atoms with Gasteiger partial charge in [0.1, 0.15) is 0 Å². The van der Waals surface area contributed by atoms with Gasteiger partial charge >= 0.3 is 6.18 Å². The van der Waals surface area contributed by atoms with E-state index in [9.17, 15) is 18.0 Å². The topological polar surface area (TPSA) is 38.1 Å². The van der Waals surface area contributed by atoms with E-state index in [4.69, 9.17) is 23.2 Å². The summed E-state index contributed by atoms with van der Waals surface area (Å²) in [5.74, 6) is -0.451. The Morgan fingerprint density at radius 1 is 1.10 bits per heavy atom. The van der Waals surface area contributed by atoms with Crippen molar-refractivity contribution in [1.29, 1.82) is 0 Å². The van der Waals surface area contributed by atoms with Gasteiger partial charge in [0, 0.05) is 12.6 Å². The minimum atomic E-state index is -4.74. The largest absolute Gasteiger partial charge is 0.417 e. The molecule has 1 aliphatic heterocycles. The molecule has 2 heterocycles. The van der Waals surface area contributed by atoms with E-state index in [0.717, 1.165) is 36.6 Å². The fourth-order valence-electron chi connectivity index (χ4n) is 3.96. The number of fused-ring (bicyclic) bond motifs is 1. The highest BCUT2D eigenvalue weighted by molar-refractivity contribution is 6.37. The third-order valence-corrected chi connectivity index (χ3v) is 6.07. The summed E-state index contributed by atoms with van der Waals surface area (Å²) < 4.78 is 41.7. The Bertz CT molecular complexity index is 1130. The summed E-state index contributed by atoms with van der Waals surface area (Å²) in [5.41, 5.74) is -1.39. The number of aromatic nitrogens is 2. The summed E-state index contributed by atoms with van der Waals surface area (Å²) in [7, 11) is 0. The van der Waals surface area contributed by atoms with Crippen molar-refractivity contribution in [2.24, 2.45) is 0 Å². The van der Waals surface area contributed by atoms with Crippen molar-refractivity contribution in [2.75, 3.05) is 11.4 Å². The van der Waals surface area contributed by atoms with E-state index in [1.165, 1.54) is 12.1 Å². The lowest BCUT2D eigenvalue weighted by atomic mass is 10.0. The fourth-order valence-corrected chi connectivity index (χ4v) is 4.47. The summed E-state index contributed by atoms with van der Waals surface area (Å²) >= 11 is 12.5. The molecular weight excluding hydrogens is 438 g/mol. The molecule has 4 rings (SSSR count). The van der Waals surface area contributed by atoms with E-state index in [-0.39, 0.29) is 11.1 Å². The Hall–Kier alpha value is -2.25. The minimum absolute atomic E-state index is 0.169. The Balaban J connectivity index is 1.93. The zero-order chi connectivity index (χ0) is 21.6. The van der Waals surface area contributed by atoms with Gasteiger partial charge in [-0.1, -0.05) is 35.3 Å². The highest BCUT2D eigenvalue weighted by Crippen LogP contribution is 2.38. The second-order valence-electron chi connectivity index (χ2n) is 7.37. The first-order chi connectivity index (χ1) is 14.2. The molecule has 158 valence electrons. The monoisotopic (exact) mass is 455 g/mol. The average Bonchev–Trinajstić information content (AvgIpc) is 3.08. The van der Waals surface area contributed by atoms with Gasteiger partial charge in [-0.2, -0.15) is 17.9 Å². The molecule has 1 unspecified atom stereocenters. The van der Waals surface area contributed by atoms with Crippen molar-refractivity contribution in [2.45, 2.75) is 38.4 Å². The first kappa shape index (κ1) is 21.0. The molecular formula is C21H18Cl2F3N3O. The maximum Gasteiger partial charge on any atom is 0.417 e. The normalized spacial score (nSPS) is 17.5. The van der Waals surface area contributed by atoms with E-state index < -0.39 is 23.2 Å². The zero-order valence-electron chi connectivity index (χ0n) is 16.0. The number of nitrogens with zero attached hydrogens (tertiary/aromatic N) is 3. The lowest BCUT2D eigenvalue weighted by Gasteiger charge is -2.33. The number of piperidine rings is 1. The van der Waals surface area contributed by atoms with Crippen LogP contribution in [0.2, 0.25) is 10.0 Å². The van der Waals surface area contributed by atoms with Gasteiger partial charge < -0.3 is 4.90 Å². The van der Waals surface area contributed by atoms with E-state index in [1.807, 2.05) is 0 Å². The highest BCUT2D eigenvalue weighted by Gasteiger charge is 2.37. The number of anilines is 1. The minimum Gasteiger partial charge on any atom is -0.352 e. The van der Waals surface area contributed by atoms with Crippen LogP contribution in [0.15, 0.2) is 36.4 Å². The molecule has 1 aromatic heterocycles. The molecule has 1 fully saturated rings. The molecule has 2 aromatic carbocycles. The smallest absolute Gasteiger partial charge is 0.352 e. The van der Waals surface area contributed by atoms with Crippen molar-refractivity contribution in [3.05, 3.63) is 57.6 Å². The van der Waals surface area contributed by atoms with Crippen LogP contribution in [0.1, 0.15) is 42.1 Å². The molecule has 0 bridgehead atoms. The number of benzene rings is 2. The molecule has 30 heavy (non-hydrogen) atoms. The predicted octanol–water partition coefficient (Wildman–Crippen LogP) is 6.43. The van der Waals surface area contributed by atoms with Crippen LogP contribution in [0, 0.1) is 0 Å². The Morgan fingerprint density at radius 3 is 2.50 bits per heavy atom. The molecule has 0 radical (unpaired) electrons. The van der Waals surface area contributed by atoms with Crippen molar-refractivity contribution in [3.63, 3.8) is 0 Å². The summed E-state index contributed by atoms with van der Waals surface area (Å²) in [4.78, 5) is 15.3. The van der Waals surface area contributed by atoms with Crippen LogP contribution in [0.25, 0.3) is 10.9 Å². The number of halogens is 5. The van der Waals surface area contributed by atoms with E-state index in [1.54, 1.807) is 18.2 Å². The first-order valence-corrected chi connectivity index (χ1v) is 10.3. The third kappa shape index (κ3) is 3.54. The van der Waals surface area contributed by atoms with Crippen LogP contribution in [-0.2, 0) is 6.18 Å². The predicted molar refractivity (Wildman–Crippen MR) is 112 cm³/mol. The maximum absolute atomic E-state index is 13.6. The summed E-state index contributed by atoms with van der Waals surface area (Å²) in [6.45, 7) is 2.78. The van der Waals surface area contributed by atoms with Crippen LogP contribution < -0.4 is 4.90 Å². The molecule has 0 spiro atoms. The number of alkyl halides is 3. The molecule has 1 saturated heterocycles. The van der Waals surface area contributed by atoms with Crippen LogP contribution >= 0.6 is 23.2 Å². The maximum atomic E-state index is 13.6. The van der Waals surface area contributed by atoms with E-state index in [2.05, 4.69) is 16.9 Å². The second-order valence-corrected chi connectivity index (χ2v) is 8.19. The molecule has 0 amide bonds. The molecule has 1 atom stereocenters. The summed E-state index contributed by atoms with van der Waals surface area (Å²) in [6, 6.07) is 8.37. The van der Waals surface area contributed by atoms with E-state index >= 15 is 0 Å². The van der Waals surface area contributed by atoms with Crippen molar-refractivity contribution < 1.29 is 18.0 Å². The summed E-state index contributed by atoms with van der Waals surface area (Å²) in [5, 5.41) is 5.09. The van der Waals surface area contributed by atoms with Gasteiger partial charge in [-0.05, 0) is 50.5 Å². The molecule has 0 aliphatic carbocycles. The van der Waals surface area contributed by atoms with Gasteiger partial charge in [0.05, 0.1) is 32.1 Å². The highest BCUT2D eigenvalue weighted by atomic mass is 35.5. The second kappa shape index (κ2) is 7.78. The number of hydrogen-bond donors (Lipinski definition) is 0. The van der Waals surface area contributed by atoms with Crippen LogP contribution in [0.3, 0.4) is 0 Å². The van der Waals surface area contributed by atoms with Gasteiger partial charge in [-0.3, -0.25) is 4.79 Å². The van der Waals surface area contributed by atoms with E-state index in [0.29, 0.717) is 21.7 Å². The number of rotatable bonds is 2. The van der Waals surface area contributed by atoms with Gasteiger partial charge in [0.25, 0.3) is 5.91 Å². The molecule has 9 heteroatoms. The zero-order valence-corrected chi connectivity index (χ0v) is 17.5. The number of carbonyl (C=O) groups is 1. The quantitative estimate of drug-likeness (QED) is 0.446. The number of carbonyl (C=O) groups excluding carboxylic acids is 1. The third-order valence-electron chi connectivity index (χ3n) is 5.44. The van der Waals surface area contributed by atoms with Gasteiger partial charge in [0.15, 0.2) is 5.82 Å². The molecule has 0 N–H and O–H groups in total. The first-order valence-electron chi connectivity index (χ1n) is 9.54. The molecule has 4 nitrogen and oxygen atoms in total. The lowest BCUT2D eigenvalue weighted by molar-refractivity contribution is -0.137. The van der Waals surface area contributed by atoms with Crippen LogP contribution in [-0.4, -0.2) is 28.3 Å². The summed E-state index contributed by atoms with van der Waals surface area (Å²) in [6.07, 6.45) is -1.74. The lowest BCUT2D eigenvalue weighted by Crippen LogP contribution is -2.38. The SMILES string of the molecule is CC1CCCCN1c1nn(C(=O)c2c(Cl)cccc2C(F)(F)F)c2cccc(Cl)c12. The van der Waals surface area contributed by atoms with Gasteiger partial charge in [-0.25, -0.2) is 0 Å². The standard InChI is InChI=1S/C21H18Cl2F3N3O/c1-12-6-2-3-11-28(12)19-18-15(23)9-5-10-16(18)29(27-19)20(30)17-13(21(24,25)26)7-4-8-14(17)22/h4-5,7-10,12H,2-3,6,11H2,1H3. The molecule has 3 aromatic rings. The van der Waals surface area contributed by atoms with Crippen molar-refractivity contribution >= 4 is 45.8 Å². The van der Waals surface area contributed by atoms with Gasteiger partial charge in [-0.15, -0.1) is 5.10 Å². The van der Waals surface area contributed by atoms with Crippen LogP contribution in [0.4, 0.5) is 19.0 Å². The van der Waals surface area contributed by atoms with Crippen molar-refractivity contribution in [3.8, 4) is 0 Å². The molecule has 1 aliphatic rings.